The van der Waals surface area contributed by atoms with Crippen molar-refractivity contribution in [3.05, 3.63) is 58.7 Å². The number of nitrogens with zero attached hydrogens (tertiary/aromatic N) is 1. The third-order valence-corrected chi connectivity index (χ3v) is 4.07. The van der Waals surface area contributed by atoms with Crippen LogP contribution in [-0.2, 0) is 19.6 Å². The molecule has 1 rings (SSSR count). The summed E-state index contributed by atoms with van der Waals surface area (Å²) < 4.78 is 31.4. The molecule has 8 nitrogen and oxygen atoms in total. The second-order valence-corrected chi connectivity index (χ2v) is 7.69. The summed E-state index contributed by atoms with van der Waals surface area (Å²) in [6, 6.07) is 4.56. The van der Waals surface area contributed by atoms with Gasteiger partial charge in [-0.1, -0.05) is 18.2 Å². The number of carbonyl (C=O) groups is 1. The van der Waals surface area contributed by atoms with Crippen LogP contribution in [-0.4, -0.2) is 31.5 Å². The summed E-state index contributed by atoms with van der Waals surface area (Å²) >= 11 is 0. The lowest BCUT2D eigenvalue weighted by Gasteiger charge is -2.17. The van der Waals surface area contributed by atoms with E-state index < -0.39 is 26.5 Å². The van der Waals surface area contributed by atoms with Crippen molar-refractivity contribution in [3.63, 3.8) is 0 Å². The third kappa shape index (κ3) is 7.73. The van der Waals surface area contributed by atoms with Gasteiger partial charge in [-0.25, -0.2) is 17.9 Å². The highest BCUT2D eigenvalue weighted by Gasteiger charge is 2.15. The summed E-state index contributed by atoms with van der Waals surface area (Å²) in [5.41, 5.74) is -0.767. The fourth-order valence-electron chi connectivity index (χ4n) is 1.60. The average molecular weight is 368 g/mol. The van der Waals surface area contributed by atoms with Gasteiger partial charge in [0.1, 0.15) is 5.60 Å². The minimum Gasteiger partial charge on any atom is -0.457 e. The average Bonchev–Trinajstić information content (AvgIpc) is 2.49. The second kappa shape index (κ2) is 8.54. The Balaban J connectivity index is 2.54. The molecule has 0 amide bonds. The largest absolute Gasteiger partial charge is 0.457 e. The number of non-ortho nitro benzene ring substituents is 1. The summed E-state index contributed by atoms with van der Waals surface area (Å²) in [4.78, 5) is 21.3. The van der Waals surface area contributed by atoms with E-state index in [1.54, 1.807) is 20.8 Å². The number of sulfonamides is 1. The zero-order valence-electron chi connectivity index (χ0n) is 14.1. The van der Waals surface area contributed by atoms with E-state index >= 15 is 0 Å². The number of nitrogens with one attached hydrogen (secondary N) is 1. The molecule has 0 unspecified atom stereocenters. The number of nitro groups is 1. The van der Waals surface area contributed by atoms with E-state index in [0.29, 0.717) is 0 Å². The van der Waals surface area contributed by atoms with Gasteiger partial charge in [-0.3, -0.25) is 10.1 Å². The Hall–Kier alpha value is -2.52. The van der Waals surface area contributed by atoms with Crippen LogP contribution in [0.1, 0.15) is 20.8 Å². The molecule has 0 aliphatic carbocycles. The lowest BCUT2D eigenvalue weighted by Crippen LogP contribution is -2.23. The number of ether oxygens (including phenoxy) is 1. The van der Waals surface area contributed by atoms with Gasteiger partial charge in [0.2, 0.25) is 10.0 Å². The minimum atomic E-state index is -3.77. The Labute approximate surface area is 146 Å². The Morgan fingerprint density at radius 3 is 2.36 bits per heavy atom. The topological polar surface area (TPSA) is 116 Å². The normalized spacial score (nSPS) is 12.6. The van der Waals surface area contributed by atoms with Crippen molar-refractivity contribution in [2.24, 2.45) is 0 Å². The maximum Gasteiger partial charge on any atom is 0.331 e. The van der Waals surface area contributed by atoms with E-state index in [1.807, 2.05) is 0 Å². The van der Waals surface area contributed by atoms with E-state index in [-0.39, 0.29) is 17.1 Å². The van der Waals surface area contributed by atoms with Gasteiger partial charge in [0, 0.05) is 24.8 Å². The minimum absolute atomic E-state index is 0.00200. The molecule has 136 valence electrons. The Morgan fingerprint density at radius 2 is 1.84 bits per heavy atom. The maximum atomic E-state index is 12.0. The van der Waals surface area contributed by atoms with Crippen LogP contribution in [0, 0.1) is 10.1 Å². The number of rotatable bonds is 7. The first-order chi connectivity index (χ1) is 11.5. The molecule has 0 spiro atoms. The molecule has 1 aromatic rings. The highest BCUT2D eigenvalue weighted by atomic mass is 32.2. The fourth-order valence-corrected chi connectivity index (χ4v) is 2.58. The van der Waals surface area contributed by atoms with Crippen LogP contribution in [0.15, 0.2) is 53.5 Å². The van der Waals surface area contributed by atoms with Gasteiger partial charge in [-0.05, 0) is 32.9 Å². The zero-order chi connectivity index (χ0) is 19.1. The van der Waals surface area contributed by atoms with E-state index in [1.165, 1.54) is 24.3 Å². The molecule has 0 saturated carbocycles. The van der Waals surface area contributed by atoms with Crippen molar-refractivity contribution in [1.82, 2.24) is 4.72 Å². The highest BCUT2D eigenvalue weighted by molar-refractivity contribution is 7.89. The van der Waals surface area contributed by atoms with E-state index in [2.05, 4.69) is 4.72 Å². The first-order valence-corrected chi connectivity index (χ1v) is 8.80. The number of allylic oxidation sites excluding steroid dienone is 2. The molecule has 0 fully saturated rings. The SMILES string of the molecule is CC(C)(C)OC(=O)/C=C/C=C/CNS(=O)(=O)c1ccc([N+](=O)[O-])cc1. The van der Waals surface area contributed by atoms with Crippen molar-refractivity contribution >= 4 is 21.7 Å². The van der Waals surface area contributed by atoms with Crippen LogP contribution in [0.2, 0.25) is 0 Å². The zero-order valence-corrected chi connectivity index (χ0v) is 14.9. The second-order valence-electron chi connectivity index (χ2n) is 5.92. The molecule has 0 aliphatic heterocycles. The quantitative estimate of drug-likeness (QED) is 0.260. The third-order valence-electron chi connectivity index (χ3n) is 2.64. The van der Waals surface area contributed by atoms with Crippen molar-refractivity contribution in [3.8, 4) is 0 Å². The van der Waals surface area contributed by atoms with Gasteiger partial charge in [0.15, 0.2) is 0 Å². The van der Waals surface area contributed by atoms with Crippen LogP contribution in [0.5, 0.6) is 0 Å². The molecule has 0 atom stereocenters. The van der Waals surface area contributed by atoms with Crippen LogP contribution in [0.3, 0.4) is 0 Å². The number of carbonyl (C=O) groups excluding carboxylic acids is 1. The summed E-state index contributed by atoms with van der Waals surface area (Å²) in [6.45, 7) is 5.25. The molecule has 0 aliphatic rings. The molecule has 1 aromatic carbocycles. The van der Waals surface area contributed by atoms with Crippen LogP contribution >= 0.6 is 0 Å². The highest BCUT2D eigenvalue weighted by Crippen LogP contribution is 2.15. The molecular formula is C16H20N2O6S. The molecule has 0 aromatic heterocycles. The lowest BCUT2D eigenvalue weighted by molar-refractivity contribution is -0.384. The molecule has 0 saturated heterocycles. The van der Waals surface area contributed by atoms with Gasteiger partial charge in [0.25, 0.3) is 5.69 Å². The van der Waals surface area contributed by atoms with Crippen LogP contribution < -0.4 is 4.72 Å². The summed E-state index contributed by atoms with van der Waals surface area (Å²) in [6.07, 6.45) is 5.67. The Morgan fingerprint density at radius 1 is 1.24 bits per heavy atom. The van der Waals surface area contributed by atoms with Gasteiger partial charge in [-0.15, -0.1) is 0 Å². The predicted molar refractivity (Wildman–Crippen MR) is 92.4 cm³/mol. The van der Waals surface area contributed by atoms with E-state index in [0.717, 1.165) is 24.3 Å². The van der Waals surface area contributed by atoms with Gasteiger partial charge < -0.3 is 4.74 Å². The van der Waals surface area contributed by atoms with Gasteiger partial charge in [0.05, 0.1) is 9.82 Å². The monoisotopic (exact) mass is 368 g/mol. The number of nitro benzene ring substituents is 1. The van der Waals surface area contributed by atoms with Crippen molar-refractivity contribution in [1.29, 1.82) is 0 Å². The van der Waals surface area contributed by atoms with Crippen molar-refractivity contribution in [2.75, 3.05) is 6.54 Å². The molecule has 0 bridgehead atoms. The number of hydrogen-bond donors (Lipinski definition) is 1. The standard InChI is InChI=1S/C16H20N2O6S/c1-16(2,3)24-15(19)7-5-4-6-12-17-25(22,23)14-10-8-13(9-11-14)18(20)21/h4-11,17H,12H2,1-3H3/b6-4+,7-5+. The first kappa shape index (κ1) is 20.5. The summed E-state index contributed by atoms with van der Waals surface area (Å²) in [5.74, 6) is -0.497. The summed E-state index contributed by atoms with van der Waals surface area (Å²) in [5, 5.41) is 10.6. The van der Waals surface area contributed by atoms with E-state index in [9.17, 15) is 23.3 Å². The number of benzene rings is 1. The lowest BCUT2D eigenvalue weighted by atomic mass is 10.2. The number of hydrogen-bond acceptors (Lipinski definition) is 6. The maximum absolute atomic E-state index is 12.0. The molecule has 0 radical (unpaired) electrons. The Bertz CT molecular complexity index is 774. The fraction of sp³-hybridized carbons (Fsp3) is 0.312. The van der Waals surface area contributed by atoms with Gasteiger partial charge >= 0.3 is 5.97 Å². The van der Waals surface area contributed by atoms with Crippen molar-refractivity contribution < 1.29 is 22.9 Å². The molecule has 9 heteroatoms. The van der Waals surface area contributed by atoms with Crippen LogP contribution in [0.25, 0.3) is 0 Å². The molecule has 25 heavy (non-hydrogen) atoms. The molecule has 1 N–H and O–H groups in total. The number of esters is 1. The van der Waals surface area contributed by atoms with E-state index in [4.69, 9.17) is 4.74 Å². The van der Waals surface area contributed by atoms with Gasteiger partial charge in [-0.2, -0.15) is 0 Å². The summed E-state index contributed by atoms with van der Waals surface area (Å²) in [7, 11) is -3.77. The van der Waals surface area contributed by atoms with Crippen LogP contribution in [0.4, 0.5) is 5.69 Å². The first-order valence-electron chi connectivity index (χ1n) is 7.31. The molecule has 0 heterocycles. The Kier molecular flexibility index (Phi) is 7.01. The molecular weight excluding hydrogens is 348 g/mol. The predicted octanol–water partition coefficient (Wildman–Crippen LogP) is 2.33. The van der Waals surface area contributed by atoms with Crippen molar-refractivity contribution in [2.45, 2.75) is 31.3 Å². The smallest absolute Gasteiger partial charge is 0.331 e.